The number of hydrogen-bond donors (Lipinski definition) is 3. The molecule has 0 spiro atoms. The number of rotatable bonds is 7. The molecule has 8 heteroatoms. The highest BCUT2D eigenvalue weighted by molar-refractivity contribution is 9.10. The molecule has 6 nitrogen and oxygen atoms in total. The predicted molar refractivity (Wildman–Crippen MR) is 112 cm³/mol. The molecule has 0 aliphatic heterocycles. The van der Waals surface area contributed by atoms with Crippen molar-refractivity contribution in [3.8, 4) is 11.3 Å². The Morgan fingerprint density at radius 2 is 2.00 bits per heavy atom. The molecule has 2 aromatic heterocycles. The van der Waals surface area contributed by atoms with Crippen molar-refractivity contribution in [2.24, 2.45) is 5.92 Å². The predicted octanol–water partition coefficient (Wildman–Crippen LogP) is 4.61. The normalized spacial score (nSPS) is 12.1. The molecule has 1 atom stereocenters. The lowest BCUT2D eigenvalue weighted by Crippen LogP contribution is -2.30. The first-order chi connectivity index (χ1) is 13.5. The van der Waals surface area contributed by atoms with Crippen molar-refractivity contribution < 1.29 is 9.50 Å². The van der Waals surface area contributed by atoms with Crippen LogP contribution in [-0.4, -0.2) is 32.7 Å². The van der Waals surface area contributed by atoms with Gasteiger partial charge in [-0.3, -0.25) is 4.98 Å². The van der Waals surface area contributed by atoms with Gasteiger partial charge in [0.15, 0.2) is 0 Å². The van der Waals surface area contributed by atoms with Crippen molar-refractivity contribution in [3.63, 3.8) is 0 Å². The molecular formula is C20H21BrFN5O. The first-order valence-corrected chi connectivity index (χ1v) is 9.64. The van der Waals surface area contributed by atoms with Crippen LogP contribution >= 0.6 is 15.9 Å². The fourth-order valence-corrected chi connectivity index (χ4v) is 3.01. The maximum atomic E-state index is 13.4. The molecule has 0 aliphatic carbocycles. The van der Waals surface area contributed by atoms with E-state index in [0.29, 0.717) is 27.6 Å². The molecule has 0 aliphatic rings. The zero-order valence-corrected chi connectivity index (χ0v) is 17.1. The molecule has 0 bridgehead atoms. The van der Waals surface area contributed by atoms with Crippen molar-refractivity contribution in [3.05, 3.63) is 59.1 Å². The molecule has 146 valence electrons. The third kappa shape index (κ3) is 5.02. The summed E-state index contributed by atoms with van der Waals surface area (Å²) in [5.74, 6) is 0.776. The topological polar surface area (TPSA) is 83.0 Å². The second kappa shape index (κ2) is 9.07. The number of anilines is 3. The first-order valence-electron chi connectivity index (χ1n) is 8.85. The Balaban J connectivity index is 1.99. The van der Waals surface area contributed by atoms with Crippen molar-refractivity contribution in [1.29, 1.82) is 0 Å². The van der Waals surface area contributed by atoms with Crippen LogP contribution < -0.4 is 10.6 Å². The quantitative estimate of drug-likeness (QED) is 0.492. The summed E-state index contributed by atoms with van der Waals surface area (Å²) in [4.78, 5) is 13.2. The van der Waals surface area contributed by atoms with Gasteiger partial charge in [0, 0.05) is 28.5 Å². The number of hydrogen-bond acceptors (Lipinski definition) is 6. The highest BCUT2D eigenvalue weighted by Gasteiger charge is 2.15. The van der Waals surface area contributed by atoms with Gasteiger partial charge in [0.1, 0.15) is 11.6 Å². The van der Waals surface area contributed by atoms with Crippen molar-refractivity contribution in [2.45, 2.75) is 19.9 Å². The zero-order valence-electron chi connectivity index (χ0n) is 15.5. The lowest BCUT2D eigenvalue weighted by Gasteiger charge is -2.20. The Kier molecular flexibility index (Phi) is 6.53. The summed E-state index contributed by atoms with van der Waals surface area (Å²) >= 11 is 3.35. The van der Waals surface area contributed by atoms with E-state index in [1.807, 2.05) is 26.0 Å². The Labute approximate surface area is 171 Å². The summed E-state index contributed by atoms with van der Waals surface area (Å²) in [6.45, 7) is 3.98. The van der Waals surface area contributed by atoms with E-state index in [1.165, 1.54) is 12.1 Å². The van der Waals surface area contributed by atoms with Crippen LogP contribution in [0.3, 0.4) is 0 Å². The molecule has 0 radical (unpaired) electrons. The van der Waals surface area contributed by atoms with Gasteiger partial charge >= 0.3 is 0 Å². The minimum absolute atomic E-state index is 0.0373. The molecule has 3 rings (SSSR count). The van der Waals surface area contributed by atoms with Crippen LogP contribution in [0.1, 0.15) is 13.8 Å². The number of pyridine rings is 1. The van der Waals surface area contributed by atoms with Gasteiger partial charge in [-0.1, -0.05) is 13.8 Å². The smallest absolute Gasteiger partial charge is 0.225 e. The molecular weight excluding hydrogens is 425 g/mol. The Bertz CT molecular complexity index is 939. The third-order valence-electron chi connectivity index (χ3n) is 4.19. The number of benzene rings is 1. The summed E-state index contributed by atoms with van der Waals surface area (Å²) in [5.41, 5.74) is 2.18. The van der Waals surface area contributed by atoms with E-state index in [4.69, 9.17) is 0 Å². The molecule has 28 heavy (non-hydrogen) atoms. The number of aliphatic hydroxyl groups excluding tert-OH is 1. The van der Waals surface area contributed by atoms with Crippen molar-refractivity contribution >= 4 is 33.4 Å². The number of nitrogens with one attached hydrogen (secondary N) is 2. The second-order valence-electron chi connectivity index (χ2n) is 6.63. The monoisotopic (exact) mass is 445 g/mol. The SMILES string of the molecule is CC(C)[C@@H](CO)Nc1nc(Nc2ccc(F)cc2Br)cc(-c2cccnc2)n1. The lowest BCUT2D eigenvalue weighted by molar-refractivity contribution is 0.248. The Morgan fingerprint density at radius 1 is 1.18 bits per heavy atom. The summed E-state index contributed by atoms with van der Waals surface area (Å²) in [6, 6.07) is 9.72. The van der Waals surface area contributed by atoms with E-state index in [2.05, 4.69) is 41.5 Å². The maximum Gasteiger partial charge on any atom is 0.225 e. The highest BCUT2D eigenvalue weighted by atomic mass is 79.9. The molecule has 2 heterocycles. The van der Waals surface area contributed by atoms with Crippen LogP contribution in [-0.2, 0) is 0 Å². The number of aromatic nitrogens is 3. The van der Waals surface area contributed by atoms with Crippen LogP contribution in [0.5, 0.6) is 0 Å². The van der Waals surface area contributed by atoms with Gasteiger partial charge in [-0.2, -0.15) is 4.98 Å². The average molecular weight is 446 g/mol. The minimum atomic E-state index is -0.332. The number of halogens is 2. The number of nitrogens with zero attached hydrogens (tertiary/aromatic N) is 3. The molecule has 3 N–H and O–H groups in total. The molecule has 3 aromatic rings. The Morgan fingerprint density at radius 3 is 2.64 bits per heavy atom. The van der Waals surface area contributed by atoms with Crippen LogP contribution in [0, 0.1) is 11.7 Å². The summed E-state index contributed by atoms with van der Waals surface area (Å²) in [5, 5.41) is 16.0. The molecule has 0 fully saturated rings. The van der Waals surface area contributed by atoms with Gasteiger partial charge in [0.25, 0.3) is 0 Å². The van der Waals surface area contributed by atoms with Gasteiger partial charge < -0.3 is 15.7 Å². The van der Waals surface area contributed by atoms with Gasteiger partial charge in [-0.05, 0) is 52.2 Å². The van der Waals surface area contributed by atoms with Crippen molar-refractivity contribution in [1.82, 2.24) is 15.0 Å². The van der Waals surface area contributed by atoms with E-state index in [1.54, 1.807) is 24.5 Å². The first kappa shape index (κ1) is 20.2. The highest BCUT2D eigenvalue weighted by Crippen LogP contribution is 2.28. The van der Waals surface area contributed by atoms with E-state index >= 15 is 0 Å². The van der Waals surface area contributed by atoms with Gasteiger partial charge in [0.2, 0.25) is 5.95 Å². The molecule has 0 unspecified atom stereocenters. The van der Waals surface area contributed by atoms with Crippen LogP contribution in [0.25, 0.3) is 11.3 Å². The van der Waals surface area contributed by atoms with E-state index in [-0.39, 0.29) is 24.4 Å². The second-order valence-corrected chi connectivity index (χ2v) is 7.48. The van der Waals surface area contributed by atoms with Gasteiger partial charge in [-0.15, -0.1) is 0 Å². The standard InChI is InChI=1S/C20H21BrFN5O/c1-12(2)18(11-28)26-20-25-17(13-4-3-7-23-10-13)9-19(27-20)24-16-6-5-14(22)8-15(16)21/h3-10,12,18,28H,11H2,1-2H3,(H2,24,25,26,27)/t18-/m1/s1. The summed E-state index contributed by atoms with van der Waals surface area (Å²) in [7, 11) is 0. The van der Waals surface area contributed by atoms with Crippen LogP contribution in [0.2, 0.25) is 0 Å². The third-order valence-corrected chi connectivity index (χ3v) is 4.85. The largest absolute Gasteiger partial charge is 0.394 e. The van der Waals surface area contributed by atoms with Gasteiger partial charge in [-0.25, -0.2) is 9.37 Å². The van der Waals surface area contributed by atoms with Crippen molar-refractivity contribution in [2.75, 3.05) is 17.2 Å². The molecule has 0 saturated heterocycles. The fourth-order valence-electron chi connectivity index (χ4n) is 2.56. The van der Waals surface area contributed by atoms with Crippen LogP contribution in [0.4, 0.5) is 21.8 Å². The van der Waals surface area contributed by atoms with Gasteiger partial charge in [0.05, 0.1) is 24.0 Å². The minimum Gasteiger partial charge on any atom is -0.394 e. The number of aliphatic hydroxyl groups is 1. The molecule has 0 saturated carbocycles. The maximum absolute atomic E-state index is 13.4. The zero-order chi connectivity index (χ0) is 20.1. The molecule has 1 aromatic carbocycles. The van der Waals surface area contributed by atoms with E-state index in [9.17, 15) is 9.50 Å². The summed E-state index contributed by atoms with van der Waals surface area (Å²) in [6.07, 6.45) is 3.41. The summed E-state index contributed by atoms with van der Waals surface area (Å²) < 4.78 is 14.0. The fraction of sp³-hybridized carbons (Fsp3) is 0.250. The lowest BCUT2D eigenvalue weighted by atomic mass is 10.1. The van der Waals surface area contributed by atoms with Crippen LogP contribution in [0.15, 0.2) is 53.3 Å². The van der Waals surface area contributed by atoms with E-state index in [0.717, 1.165) is 5.56 Å². The Hall–Kier alpha value is -2.58. The average Bonchev–Trinajstić information content (AvgIpc) is 2.68. The van der Waals surface area contributed by atoms with E-state index < -0.39 is 0 Å². The molecule has 0 amide bonds.